The predicted octanol–water partition coefficient (Wildman–Crippen LogP) is 6.44. The van der Waals surface area contributed by atoms with E-state index >= 15 is 0 Å². The molecule has 67 heavy (non-hydrogen) atoms. The van der Waals surface area contributed by atoms with E-state index in [9.17, 15) is 32.7 Å². The van der Waals surface area contributed by atoms with Gasteiger partial charge in [0.05, 0.1) is 36.3 Å². The molecule has 0 bridgehead atoms. The van der Waals surface area contributed by atoms with Crippen LogP contribution in [0.3, 0.4) is 0 Å². The van der Waals surface area contributed by atoms with E-state index in [4.69, 9.17) is 19.4 Å². The van der Waals surface area contributed by atoms with Gasteiger partial charge in [0, 0.05) is 54.0 Å². The van der Waals surface area contributed by atoms with E-state index in [0.717, 1.165) is 30.0 Å². The lowest BCUT2D eigenvalue weighted by molar-refractivity contribution is -0.145. The van der Waals surface area contributed by atoms with Gasteiger partial charge in [-0.05, 0) is 88.6 Å². The Hall–Kier alpha value is -6.05. The van der Waals surface area contributed by atoms with Crippen LogP contribution in [0.1, 0.15) is 78.1 Å². The first-order valence-corrected chi connectivity index (χ1v) is 25.2. The molecule has 2 aromatic carbocycles. The number of aliphatic carboxylic acids is 1. The second kappa shape index (κ2) is 20.0. The van der Waals surface area contributed by atoms with Gasteiger partial charge in [0.25, 0.3) is 0 Å². The van der Waals surface area contributed by atoms with Crippen molar-refractivity contribution in [1.82, 2.24) is 35.1 Å². The van der Waals surface area contributed by atoms with Crippen molar-refractivity contribution in [1.29, 1.82) is 0 Å². The van der Waals surface area contributed by atoms with Crippen molar-refractivity contribution in [3.63, 3.8) is 0 Å². The molecule has 0 spiro atoms. The molecule has 4 heterocycles. The molecule has 5 N–H and O–H groups in total. The standard InChI is InChI=1S/C48H58N8O9S2/c1-29(2)49-47-53-40(28-66-47)38-24-42(35-21-20-32(64-4)22-37(35)50-38)65-33-23-41-43(57)54-48(45(59)60)25-31(48)16-9-6-5-7-12-19-36(44(58)56(41)26-33)51-46(61)52-39(30-14-13-15-30)27-55(3)67(62,63)34-17-10-8-11-18-34/h8-11,16-18,20-22,24,28-29,31,33,36,41H,5-7,12-15,19,23,25-27H2,1-4H3,(H,49,53)(H,54,57)(H,59,60)(H2,51,52,61)/t31?,33-,36+,41+,48-/m1/s1. The van der Waals surface area contributed by atoms with Gasteiger partial charge in [-0.15, -0.1) is 11.3 Å². The Morgan fingerprint density at radius 3 is 2.55 bits per heavy atom. The van der Waals surface area contributed by atoms with E-state index in [1.54, 1.807) is 43.5 Å². The smallest absolute Gasteiger partial charge is 0.330 e. The number of sulfonamides is 1. The lowest BCUT2D eigenvalue weighted by Gasteiger charge is -2.30. The Balaban J connectivity index is 1.08. The Morgan fingerprint density at radius 2 is 1.84 bits per heavy atom. The number of amides is 4. The SMILES string of the molecule is COc1ccc2c(O[C@@H]3C[C@H]4C(=O)N[C@]5(C(=O)O)CC5C=CCCCCC[C@H](NC(=O)NC(CN(C)S(=O)(=O)c5ccccc5)=C5CCC5)C(=O)N4C3)cc(-c3csc(NC(C)C)n3)nc2c1. The van der Waals surface area contributed by atoms with E-state index in [1.165, 1.54) is 39.7 Å². The molecule has 17 nitrogen and oxygen atoms in total. The van der Waals surface area contributed by atoms with Crippen LogP contribution in [-0.4, -0.2) is 114 Å². The predicted molar refractivity (Wildman–Crippen MR) is 254 cm³/mol. The lowest BCUT2D eigenvalue weighted by Crippen LogP contribution is -2.57. The maximum absolute atomic E-state index is 15.0. The van der Waals surface area contributed by atoms with Gasteiger partial charge in [-0.2, -0.15) is 4.31 Å². The van der Waals surface area contributed by atoms with Crippen molar-refractivity contribution >= 4 is 61.2 Å². The minimum atomic E-state index is -3.88. The number of nitrogens with one attached hydrogen (secondary N) is 4. The summed E-state index contributed by atoms with van der Waals surface area (Å²) in [5, 5.41) is 25.6. The summed E-state index contributed by atoms with van der Waals surface area (Å²) in [7, 11) is -0.855. The minimum absolute atomic E-state index is 0.0274. The van der Waals surface area contributed by atoms with E-state index in [-0.39, 0.29) is 43.3 Å². The molecule has 5 atom stereocenters. The first-order valence-electron chi connectivity index (χ1n) is 22.9. The number of carbonyl (C=O) groups is 4. The maximum Gasteiger partial charge on any atom is 0.330 e. The number of hydrogen-bond donors (Lipinski definition) is 5. The zero-order valence-corrected chi connectivity index (χ0v) is 39.8. The fourth-order valence-electron chi connectivity index (χ4n) is 8.87. The number of ether oxygens (including phenoxy) is 2. The Morgan fingerprint density at radius 1 is 1.04 bits per heavy atom. The van der Waals surface area contributed by atoms with Crippen LogP contribution in [0.15, 0.2) is 88.3 Å². The van der Waals surface area contributed by atoms with Gasteiger partial charge in [0.1, 0.15) is 40.9 Å². The normalized spacial score (nSPS) is 23.3. The fourth-order valence-corrected chi connectivity index (χ4v) is 10.9. The van der Waals surface area contributed by atoms with E-state index < -0.39 is 63.5 Å². The van der Waals surface area contributed by atoms with Crippen molar-refractivity contribution in [2.45, 2.75) is 113 Å². The average molecular weight is 955 g/mol. The molecule has 1 unspecified atom stereocenters. The molecule has 4 aliphatic rings. The minimum Gasteiger partial charge on any atom is -0.497 e. The molecule has 2 aromatic heterocycles. The lowest BCUT2D eigenvalue weighted by atomic mass is 9.90. The summed E-state index contributed by atoms with van der Waals surface area (Å²) < 4.78 is 40.5. The Labute approximate surface area is 394 Å². The molecule has 2 aliphatic heterocycles. The number of pyridine rings is 1. The van der Waals surface area contributed by atoms with Gasteiger partial charge in [0.2, 0.25) is 21.8 Å². The third-order valence-corrected chi connectivity index (χ3v) is 15.4. The second-order valence-electron chi connectivity index (χ2n) is 18.0. The third kappa shape index (κ3) is 10.6. The number of likely N-dealkylation sites (N-methyl/N-ethyl adjacent to an activating group) is 1. The number of urea groups is 1. The number of fused-ring (bicyclic) bond motifs is 3. The topological polar surface area (TPSA) is 221 Å². The summed E-state index contributed by atoms with van der Waals surface area (Å²) >= 11 is 1.45. The van der Waals surface area contributed by atoms with Gasteiger partial charge in [-0.1, -0.05) is 43.2 Å². The molecule has 0 radical (unpaired) electrons. The highest BCUT2D eigenvalue weighted by Gasteiger charge is 2.61. The summed E-state index contributed by atoms with van der Waals surface area (Å²) in [5.74, 6) is -1.69. The van der Waals surface area contributed by atoms with Crippen LogP contribution < -0.4 is 30.7 Å². The van der Waals surface area contributed by atoms with Crippen LogP contribution in [0.4, 0.5) is 9.93 Å². The number of thiazole rings is 1. The molecule has 3 fully saturated rings. The van der Waals surface area contributed by atoms with E-state index in [2.05, 4.69) is 21.3 Å². The molecule has 19 heteroatoms. The number of carboxylic acids is 1. The van der Waals surface area contributed by atoms with Crippen LogP contribution >= 0.6 is 11.3 Å². The molecule has 4 aromatic rings. The highest BCUT2D eigenvalue weighted by atomic mass is 32.2. The maximum atomic E-state index is 15.0. The molecular weight excluding hydrogens is 897 g/mol. The fraction of sp³-hybridized carbons (Fsp3) is 0.458. The number of allylic oxidation sites excluding steroid dienone is 2. The molecule has 1 saturated heterocycles. The number of hydrogen-bond acceptors (Lipinski definition) is 12. The summed E-state index contributed by atoms with van der Waals surface area (Å²) in [6.45, 7) is 3.91. The quantitative estimate of drug-likeness (QED) is 0.0914. The highest BCUT2D eigenvalue weighted by molar-refractivity contribution is 7.89. The molecule has 8 rings (SSSR count). The summed E-state index contributed by atoms with van der Waals surface area (Å²) in [5.41, 5.74) is 1.58. The number of carboxylic acid groups (broad SMARTS) is 1. The Kier molecular flexibility index (Phi) is 14.2. The van der Waals surface area contributed by atoms with Crippen LogP contribution in [-0.2, 0) is 24.4 Å². The molecule has 356 valence electrons. The van der Waals surface area contributed by atoms with Crippen molar-refractivity contribution in [2.75, 3.05) is 32.6 Å². The van der Waals surface area contributed by atoms with Crippen molar-refractivity contribution in [2.24, 2.45) is 5.92 Å². The van der Waals surface area contributed by atoms with Gasteiger partial charge >= 0.3 is 12.0 Å². The second-order valence-corrected chi connectivity index (χ2v) is 20.9. The van der Waals surface area contributed by atoms with Crippen LogP contribution in [0.2, 0.25) is 0 Å². The van der Waals surface area contributed by atoms with Gasteiger partial charge in [-0.3, -0.25) is 9.59 Å². The first-order chi connectivity index (χ1) is 32.1. The number of anilines is 1. The van der Waals surface area contributed by atoms with E-state index in [0.29, 0.717) is 65.2 Å². The molecule has 4 amide bonds. The van der Waals surface area contributed by atoms with E-state index in [1.807, 2.05) is 37.4 Å². The van der Waals surface area contributed by atoms with Gasteiger partial charge in [-0.25, -0.2) is 28.0 Å². The summed E-state index contributed by atoms with van der Waals surface area (Å²) in [6.07, 6.45) is 8.60. The number of methoxy groups -OCH3 is 1. The molecular formula is C48H58N8O9S2. The monoisotopic (exact) mass is 954 g/mol. The number of carbonyl (C=O) groups excluding carboxylic acids is 3. The van der Waals surface area contributed by atoms with Crippen molar-refractivity contribution < 1.29 is 42.2 Å². The largest absolute Gasteiger partial charge is 0.497 e. The first kappa shape index (κ1) is 47.4. The van der Waals surface area contributed by atoms with Crippen LogP contribution in [0, 0.1) is 5.92 Å². The summed E-state index contributed by atoms with van der Waals surface area (Å²) in [4.78, 5) is 67.4. The van der Waals surface area contributed by atoms with Crippen LogP contribution in [0.25, 0.3) is 22.3 Å². The highest BCUT2D eigenvalue weighted by Crippen LogP contribution is 2.46. The van der Waals surface area contributed by atoms with Crippen LogP contribution in [0.5, 0.6) is 11.5 Å². The van der Waals surface area contributed by atoms with Gasteiger partial charge < -0.3 is 40.7 Å². The zero-order valence-electron chi connectivity index (χ0n) is 38.1. The zero-order chi connectivity index (χ0) is 47.5. The summed E-state index contributed by atoms with van der Waals surface area (Å²) in [6, 6.07) is 12.5. The number of nitrogens with zero attached hydrogens (tertiary/aromatic N) is 4. The van der Waals surface area contributed by atoms with Gasteiger partial charge in [0.15, 0.2) is 5.13 Å². The third-order valence-electron chi connectivity index (χ3n) is 12.9. The number of benzene rings is 2. The molecule has 2 aliphatic carbocycles. The Bertz CT molecular complexity index is 2680. The number of rotatable bonds is 13. The number of aromatic nitrogens is 2. The molecule has 2 saturated carbocycles. The average Bonchev–Trinajstić information content (AvgIpc) is 3.54. The van der Waals surface area contributed by atoms with Crippen molar-refractivity contribution in [3.8, 4) is 22.9 Å². The van der Waals surface area contributed by atoms with Crippen molar-refractivity contribution in [3.05, 3.63) is 83.4 Å².